The number of amides is 3. The number of nitrogen functional groups attached to an aromatic ring is 1. The summed E-state index contributed by atoms with van der Waals surface area (Å²) in [5.41, 5.74) is 10.5. The molecule has 0 radical (unpaired) electrons. The minimum Gasteiger partial charge on any atom is -0.495 e. The van der Waals surface area contributed by atoms with Gasteiger partial charge < -0.3 is 35.2 Å². The number of piperazine rings is 2. The molecule has 3 N–H and O–H groups in total. The molecule has 4 bridgehead atoms. The first-order valence-corrected chi connectivity index (χ1v) is 22.8. The summed E-state index contributed by atoms with van der Waals surface area (Å²) in [6.07, 6.45) is 10.5. The molecule has 0 aliphatic carbocycles. The second kappa shape index (κ2) is 21.9. The zero-order chi connectivity index (χ0) is 47.1. The molecule has 4 aliphatic rings. The van der Waals surface area contributed by atoms with Crippen molar-refractivity contribution in [3.05, 3.63) is 129 Å². The molecular weight excluding hydrogens is 887 g/mol. The average Bonchev–Trinajstić information content (AvgIpc) is 3.71. The number of nitrogens with one attached hydrogen (secondary N) is 1. The molecule has 0 spiro atoms. The first-order valence-electron chi connectivity index (χ1n) is 22.1. The first kappa shape index (κ1) is 48.4. The molecule has 0 saturated carbocycles. The van der Waals surface area contributed by atoms with Crippen LogP contribution in [0.25, 0.3) is 12.2 Å². The topological polar surface area (TPSA) is 124 Å². The Morgan fingerprint density at radius 1 is 0.682 bits per heavy atom. The summed E-state index contributed by atoms with van der Waals surface area (Å²) in [4.78, 5) is 49.0. The van der Waals surface area contributed by atoms with E-state index in [0.29, 0.717) is 44.0 Å². The van der Waals surface area contributed by atoms with Crippen molar-refractivity contribution in [3.63, 3.8) is 0 Å². The highest BCUT2D eigenvalue weighted by Crippen LogP contribution is 2.35. The fraction of sp³-hybridized carbons (Fsp3) is 0.380. The van der Waals surface area contributed by atoms with Crippen LogP contribution in [0.5, 0.6) is 11.5 Å². The van der Waals surface area contributed by atoms with Crippen molar-refractivity contribution in [1.29, 1.82) is 0 Å². The van der Waals surface area contributed by atoms with Crippen LogP contribution in [0.3, 0.4) is 0 Å². The van der Waals surface area contributed by atoms with Crippen molar-refractivity contribution >= 4 is 64.5 Å². The van der Waals surface area contributed by atoms with Gasteiger partial charge >= 0.3 is 0 Å². The van der Waals surface area contributed by atoms with Crippen LogP contribution in [0, 0.1) is 11.6 Å². The summed E-state index contributed by atoms with van der Waals surface area (Å²) in [6, 6.07) is 20.6. The lowest BCUT2D eigenvalue weighted by atomic mass is 10.1. The highest BCUT2D eigenvalue weighted by molar-refractivity contribution is 6.33. The third kappa shape index (κ3) is 12.1. The van der Waals surface area contributed by atoms with Crippen LogP contribution >= 0.6 is 23.2 Å². The van der Waals surface area contributed by atoms with E-state index in [1.54, 1.807) is 60.6 Å². The number of hydrogen-bond acceptors (Lipinski definition) is 9. The summed E-state index contributed by atoms with van der Waals surface area (Å²) >= 11 is 12.4. The van der Waals surface area contributed by atoms with Gasteiger partial charge in [-0.2, -0.15) is 0 Å². The molecule has 0 aromatic heterocycles. The first-order chi connectivity index (χ1) is 31.7. The van der Waals surface area contributed by atoms with Crippen LogP contribution in [-0.2, 0) is 27.5 Å². The SMILES string of the molecule is COc1cc(/C=C/C(=O)N2C3CCC2CN(Cc2ccc(F)cc2)C3)c(N)cc1Cl.COc1cc(/C=C/C(=O)N2C3CCC2CN(Cc2ccc(F)cc2)C3)c(NC(=O)CN(C)C)cc1Cl. The quantitative estimate of drug-likeness (QED) is 0.102. The summed E-state index contributed by atoms with van der Waals surface area (Å²) < 4.78 is 36.9. The van der Waals surface area contributed by atoms with Gasteiger partial charge in [0, 0.05) is 98.1 Å². The number of halogens is 4. The van der Waals surface area contributed by atoms with Crippen LogP contribution in [0.4, 0.5) is 20.2 Å². The molecule has 4 aromatic carbocycles. The van der Waals surface area contributed by atoms with Crippen LogP contribution in [-0.4, -0.2) is 127 Å². The largest absolute Gasteiger partial charge is 0.495 e. The molecule has 16 heteroatoms. The Labute approximate surface area is 395 Å². The molecule has 4 saturated heterocycles. The third-order valence-electron chi connectivity index (χ3n) is 12.5. The number of methoxy groups -OCH3 is 2. The van der Waals surface area contributed by atoms with Crippen molar-refractivity contribution in [2.24, 2.45) is 0 Å². The zero-order valence-corrected chi connectivity index (χ0v) is 39.2. The lowest BCUT2D eigenvalue weighted by Gasteiger charge is -2.40. The van der Waals surface area contributed by atoms with E-state index >= 15 is 0 Å². The third-order valence-corrected chi connectivity index (χ3v) is 13.1. The lowest BCUT2D eigenvalue weighted by Crippen LogP contribution is -2.55. The number of fused-ring (bicyclic) bond motifs is 4. The van der Waals surface area contributed by atoms with Gasteiger partial charge in [-0.05, 0) is 112 Å². The number of likely N-dealkylation sites (tertiary alicyclic amines) is 2. The molecule has 4 atom stereocenters. The number of benzene rings is 4. The molecular formula is C50H57Cl2F2N7O5. The number of nitrogens with zero attached hydrogens (tertiary/aromatic N) is 5. The van der Waals surface area contributed by atoms with E-state index in [4.69, 9.17) is 38.4 Å². The smallest absolute Gasteiger partial charge is 0.247 e. The van der Waals surface area contributed by atoms with Crippen molar-refractivity contribution in [3.8, 4) is 11.5 Å². The minimum absolute atomic E-state index is 0.00255. The number of carbonyl (C=O) groups excluding carboxylic acids is 3. The highest BCUT2D eigenvalue weighted by atomic mass is 35.5. The van der Waals surface area contributed by atoms with Gasteiger partial charge in [0.1, 0.15) is 23.1 Å². The van der Waals surface area contributed by atoms with Gasteiger partial charge in [-0.1, -0.05) is 47.5 Å². The maximum absolute atomic E-state index is 13.3. The maximum Gasteiger partial charge on any atom is 0.247 e. The molecule has 3 amide bonds. The number of hydrogen-bond donors (Lipinski definition) is 2. The fourth-order valence-corrected chi connectivity index (χ4v) is 9.97. The van der Waals surface area contributed by atoms with Crippen molar-refractivity contribution in [2.75, 3.05) is 72.1 Å². The van der Waals surface area contributed by atoms with Gasteiger partial charge in [0.2, 0.25) is 17.7 Å². The van der Waals surface area contributed by atoms with E-state index in [0.717, 1.165) is 76.1 Å². The van der Waals surface area contributed by atoms with Crippen molar-refractivity contribution < 1.29 is 32.6 Å². The van der Waals surface area contributed by atoms with Crippen LogP contribution in [0.1, 0.15) is 47.9 Å². The monoisotopic (exact) mass is 943 g/mol. The molecule has 4 aliphatic heterocycles. The predicted octanol–water partition coefficient (Wildman–Crippen LogP) is 7.83. The van der Waals surface area contributed by atoms with Crippen LogP contribution in [0.15, 0.2) is 84.9 Å². The standard InChI is InChI=1S/C27H32ClFN4O3.C23H25ClFN3O2/c1-31(2)17-26(34)30-24-13-23(28)25(36-3)12-19(24)6-11-27(35)33-21-9-10-22(33)16-32(15-21)14-18-4-7-20(29)8-5-18;1-30-22-10-16(21(26)11-20(22)24)4-9-23(29)28-18-7-8-19(28)14-27(13-18)12-15-2-5-17(25)6-3-15/h4-8,11-13,21-22H,9-10,14-17H2,1-3H3,(H,30,34);2-6,9-11,18-19H,7-8,12-14,26H2,1H3/b11-6+;9-4+. The molecule has 4 unspecified atom stereocenters. The molecule has 350 valence electrons. The summed E-state index contributed by atoms with van der Waals surface area (Å²) in [7, 11) is 6.69. The van der Waals surface area contributed by atoms with E-state index < -0.39 is 0 Å². The number of nitrogens with two attached hydrogens (primary N) is 1. The Bertz CT molecular complexity index is 2410. The van der Waals surface area contributed by atoms with E-state index in [1.807, 2.05) is 48.2 Å². The molecule has 8 rings (SSSR count). The Balaban J connectivity index is 0.000000199. The normalized spacial score (nSPS) is 20.5. The van der Waals surface area contributed by atoms with Gasteiger partial charge in [-0.3, -0.25) is 24.2 Å². The summed E-state index contributed by atoms with van der Waals surface area (Å²) in [6.45, 7) is 4.95. The Morgan fingerprint density at radius 3 is 1.52 bits per heavy atom. The number of ether oxygens (including phenoxy) is 2. The van der Waals surface area contributed by atoms with Crippen LogP contribution in [0.2, 0.25) is 10.0 Å². The van der Waals surface area contributed by atoms with Crippen molar-refractivity contribution in [1.82, 2.24) is 24.5 Å². The van der Waals surface area contributed by atoms with E-state index in [-0.39, 0.29) is 60.1 Å². The number of carbonyl (C=O) groups is 3. The average molecular weight is 945 g/mol. The van der Waals surface area contributed by atoms with E-state index in [9.17, 15) is 23.2 Å². The van der Waals surface area contributed by atoms with E-state index in [2.05, 4.69) is 15.1 Å². The molecule has 4 fully saturated rings. The number of rotatable bonds is 13. The van der Waals surface area contributed by atoms with Gasteiger partial charge in [-0.25, -0.2) is 8.78 Å². The lowest BCUT2D eigenvalue weighted by molar-refractivity contribution is -0.132. The summed E-state index contributed by atoms with van der Waals surface area (Å²) in [5, 5.41) is 3.68. The van der Waals surface area contributed by atoms with Gasteiger partial charge in [0.15, 0.2) is 0 Å². The number of likely N-dealkylation sites (N-methyl/N-ethyl adjacent to an activating group) is 1. The summed E-state index contributed by atoms with van der Waals surface area (Å²) in [5.74, 6) is 0.286. The number of anilines is 2. The minimum atomic E-state index is -0.236. The molecule has 12 nitrogen and oxygen atoms in total. The van der Waals surface area contributed by atoms with Crippen LogP contribution < -0.4 is 20.5 Å². The second-order valence-corrected chi connectivity index (χ2v) is 18.4. The van der Waals surface area contributed by atoms with Gasteiger partial charge in [0.05, 0.1) is 30.8 Å². The van der Waals surface area contributed by atoms with Crippen molar-refractivity contribution in [2.45, 2.75) is 62.9 Å². The second-order valence-electron chi connectivity index (χ2n) is 17.5. The molecule has 66 heavy (non-hydrogen) atoms. The van der Waals surface area contributed by atoms with Gasteiger partial charge in [0.25, 0.3) is 0 Å². The Morgan fingerprint density at radius 2 is 1.09 bits per heavy atom. The Hall–Kier alpha value is -5.51. The maximum atomic E-state index is 13.3. The molecule has 4 heterocycles. The zero-order valence-electron chi connectivity index (χ0n) is 37.7. The fourth-order valence-electron chi connectivity index (χ4n) is 9.48. The highest BCUT2D eigenvalue weighted by Gasteiger charge is 2.43. The Kier molecular flexibility index (Phi) is 16.0. The van der Waals surface area contributed by atoms with Gasteiger partial charge in [-0.15, -0.1) is 0 Å². The molecule has 4 aromatic rings. The predicted molar refractivity (Wildman–Crippen MR) is 256 cm³/mol. The van der Waals surface area contributed by atoms with E-state index in [1.165, 1.54) is 31.4 Å².